The highest BCUT2D eigenvalue weighted by Gasteiger charge is 2.58. The highest BCUT2D eigenvalue weighted by Crippen LogP contribution is 2.56. The van der Waals surface area contributed by atoms with Gasteiger partial charge in [0.15, 0.2) is 27.3 Å². The minimum atomic E-state index is -4.01. The van der Waals surface area contributed by atoms with E-state index in [1.165, 1.54) is 12.1 Å². The standard InChI is InChI=1S/C24H25ClF3NO5S/c1-12-6-14-8-16(11-17(12)24(14,32)4-5-30)35(33,34)21-7-13(2-3-18(21)25)23(31)29-15-9-19(26)22(28)20(27)10-15/h2-3,7,9-10,12,14,16-17,30,32H,4-6,8,11H2,1H3,(H,29,31)/t12-,14?,16?,17?,24+/m0/s1. The number of amides is 1. The summed E-state index contributed by atoms with van der Waals surface area (Å²) in [6.07, 6.45) is 1.21. The second-order valence-electron chi connectivity index (χ2n) is 9.47. The third-order valence-electron chi connectivity index (χ3n) is 7.45. The van der Waals surface area contributed by atoms with Crippen molar-refractivity contribution in [2.75, 3.05) is 11.9 Å². The van der Waals surface area contributed by atoms with Crippen LogP contribution in [-0.2, 0) is 9.84 Å². The van der Waals surface area contributed by atoms with Crippen LogP contribution in [0, 0.1) is 35.2 Å². The molecule has 190 valence electrons. The number of anilines is 1. The van der Waals surface area contributed by atoms with E-state index in [0.717, 1.165) is 6.07 Å². The van der Waals surface area contributed by atoms with Crippen molar-refractivity contribution in [1.29, 1.82) is 0 Å². The monoisotopic (exact) mass is 531 g/mol. The molecular weight excluding hydrogens is 507 g/mol. The Morgan fingerprint density at radius 1 is 1.14 bits per heavy atom. The summed E-state index contributed by atoms with van der Waals surface area (Å²) in [5.41, 5.74) is -1.58. The Balaban J connectivity index is 1.61. The number of carbonyl (C=O) groups excluding carboxylic acids is 1. The minimum Gasteiger partial charge on any atom is -0.396 e. The number of rotatable bonds is 6. The second kappa shape index (κ2) is 9.38. The van der Waals surface area contributed by atoms with E-state index in [1.54, 1.807) is 0 Å². The Kier molecular flexibility index (Phi) is 6.95. The predicted molar refractivity (Wildman–Crippen MR) is 123 cm³/mol. The molecule has 0 radical (unpaired) electrons. The van der Waals surface area contributed by atoms with Crippen molar-refractivity contribution in [3.8, 4) is 0 Å². The van der Waals surface area contributed by atoms with Gasteiger partial charge in [0, 0.05) is 30.0 Å². The molecule has 0 aliphatic heterocycles. The lowest BCUT2D eigenvalue weighted by Gasteiger charge is -2.43. The fourth-order valence-corrected chi connectivity index (χ4v) is 8.12. The number of halogens is 4. The highest BCUT2D eigenvalue weighted by molar-refractivity contribution is 7.92. The lowest BCUT2D eigenvalue weighted by molar-refractivity contribution is -0.0781. The number of aliphatic hydroxyl groups excluding tert-OH is 1. The number of fused-ring (bicyclic) bond motifs is 2. The van der Waals surface area contributed by atoms with Crippen molar-refractivity contribution in [2.24, 2.45) is 17.8 Å². The summed E-state index contributed by atoms with van der Waals surface area (Å²) in [4.78, 5) is 12.4. The third-order valence-corrected chi connectivity index (χ3v) is 10.1. The van der Waals surface area contributed by atoms with Crippen LogP contribution in [-0.4, -0.2) is 42.0 Å². The van der Waals surface area contributed by atoms with Crippen molar-refractivity contribution in [2.45, 2.75) is 48.4 Å². The van der Waals surface area contributed by atoms with Gasteiger partial charge in [-0.3, -0.25) is 4.79 Å². The van der Waals surface area contributed by atoms with Gasteiger partial charge in [0.2, 0.25) is 0 Å². The van der Waals surface area contributed by atoms with Gasteiger partial charge in [0.25, 0.3) is 5.91 Å². The number of nitrogens with one attached hydrogen (secondary N) is 1. The van der Waals surface area contributed by atoms with Crippen molar-refractivity contribution in [3.05, 3.63) is 58.4 Å². The van der Waals surface area contributed by atoms with Crippen molar-refractivity contribution < 1.29 is 36.6 Å². The van der Waals surface area contributed by atoms with E-state index >= 15 is 0 Å². The maximum atomic E-state index is 13.6. The van der Waals surface area contributed by atoms with E-state index in [-0.39, 0.29) is 64.8 Å². The highest BCUT2D eigenvalue weighted by atomic mass is 35.5. The van der Waals surface area contributed by atoms with E-state index in [9.17, 15) is 36.6 Å². The summed E-state index contributed by atoms with van der Waals surface area (Å²) in [5, 5.41) is 21.9. The normalized spacial score (nSPS) is 28.2. The molecule has 6 nitrogen and oxygen atoms in total. The van der Waals surface area contributed by atoms with Crippen LogP contribution in [0.25, 0.3) is 0 Å². The second-order valence-corrected chi connectivity index (χ2v) is 12.1. The summed E-state index contributed by atoms with van der Waals surface area (Å²) in [6.45, 7) is 1.76. The van der Waals surface area contributed by atoms with Gasteiger partial charge in [-0.15, -0.1) is 0 Å². The molecule has 11 heteroatoms. The first kappa shape index (κ1) is 25.9. The Bertz CT molecular complexity index is 1250. The van der Waals surface area contributed by atoms with Crippen LogP contribution in [0.4, 0.5) is 18.9 Å². The van der Waals surface area contributed by atoms with Crippen molar-refractivity contribution >= 4 is 33.0 Å². The SMILES string of the molecule is C[C@H]1CC2CC(S(=O)(=O)c3cc(C(=O)Nc4cc(F)c(F)c(F)c4)ccc3Cl)CC1[C@@]2(O)CCO. The fraction of sp³-hybridized carbons (Fsp3) is 0.458. The van der Waals surface area contributed by atoms with Gasteiger partial charge in [-0.05, 0) is 61.6 Å². The zero-order chi connectivity index (χ0) is 25.7. The van der Waals surface area contributed by atoms with E-state index < -0.39 is 44.0 Å². The van der Waals surface area contributed by atoms with E-state index in [0.29, 0.717) is 18.6 Å². The Hall–Kier alpha value is -2.14. The van der Waals surface area contributed by atoms with Crippen LogP contribution in [0.2, 0.25) is 5.02 Å². The molecule has 35 heavy (non-hydrogen) atoms. The van der Waals surface area contributed by atoms with Crippen LogP contribution in [0.5, 0.6) is 0 Å². The first-order valence-corrected chi connectivity index (χ1v) is 13.1. The molecule has 3 unspecified atom stereocenters. The lowest BCUT2D eigenvalue weighted by Crippen LogP contribution is -2.49. The van der Waals surface area contributed by atoms with Gasteiger partial charge < -0.3 is 15.5 Å². The molecule has 1 amide bonds. The smallest absolute Gasteiger partial charge is 0.255 e. The van der Waals surface area contributed by atoms with Gasteiger partial charge in [-0.1, -0.05) is 18.5 Å². The van der Waals surface area contributed by atoms with E-state index in [4.69, 9.17) is 11.6 Å². The molecule has 0 saturated heterocycles. The number of carbonyl (C=O) groups is 1. The number of aliphatic hydroxyl groups is 2. The van der Waals surface area contributed by atoms with Crippen LogP contribution in [0.15, 0.2) is 35.2 Å². The van der Waals surface area contributed by atoms with Crippen molar-refractivity contribution in [3.63, 3.8) is 0 Å². The quantitative estimate of drug-likeness (QED) is 0.481. The average molecular weight is 532 g/mol. The minimum absolute atomic E-state index is 0.0841. The largest absolute Gasteiger partial charge is 0.396 e. The molecule has 2 bridgehead atoms. The van der Waals surface area contributed by atoms with Gasteiger partial charge >= 0.3 is 0 Å². The summed E-state index contributed by atoms with van der Waals surface area (Å²) in [6, 6.07) is 4.83. The molecule has 2 aromatic carbocycles. The molecule has 2 aliphatic carbocycles. The molecule has 2 saturated carbocycles. The number of benzene rings is 2. The Morgan fingerprint density at radius 3 is 2.40 bits per heavy atom. The molecule has 4 rings (SSSR count). The summed E-state index contributed by atoms with van der Waals surface area (Å²) < 4.78 is 67.3. The number of hydrogen-bond donors (Lipinski definition) is 3. The average Bonchev–Trinajstić information content (AvgIpc) is 2.90. The van der Waals surface area contributed by atoms with E-state index in [2.05, 4.69) is 5.32 Å². The maximum absolute atomic E-state index is 13.6. The topological polar surface area (TPSA) is 104 Å². The van der Waals surface area contributed by atoms with Crippen LogP contribution in [0.3, 0.4) is 0 Å². The summed E-state index contributed by atoms with van der Waals surface area (Å²) in [5.74, 6) is -6.02. The summed E-state index contributed by atoms with van der Waals surface area (Å²) in [7, 11) is -4.01. The number of hydrogen-bond acceptors (Lipinski definition) is 5. The van der Waals surface area contributed by atoms with Crippen LogP contribution < -0.4 is 5.32 Å². The van der Waals surface area contributed by atoms with Crippen LogP contribution in [0.1, 0.15) is 43.0 Å². The molecule has 0 spiro atoms. The molecule has 2 aromatic rings. The Morgan fingerprint density at radius 2 is 1.80 bits per heavy atom. The van der Waals surface area contributed by atoms with E-state index in [1.807, 2.05) is 6.92 Å². The molecule has 2 aliphatic rings. The molecule has 5 atom stereocenters. The van der Waals surface area contributed by atoms with Gasteiger partial charge in [0.05, 0.1) is 20.8 Å². The molecular formula is C24H25ClF3NO5S. The molecule has 3 N–H and O–H groups in total. The van der Waals surface area contributed by atoms with Gasteiger partial charge in [-0.25, -0.2) is 21.6 Å². The zero-order valence-corrected chi connectivity index (χ0v) is 20.3. The molecule has 0 heterocycles. The molecule has 0 aromatic heterocycles. The first-order valence-electron chi connectivity index (χ1n) is 11.2. The third kappa shape index (κ3) is 4.57. The first-order chi connectivity index (χ1) is 16.4. The fourth-order valence-electron chi connectivity index (χ4n) is 5.74. The molecule has 2 fully saturated rings. The summed E-state index contributed by atoms with van der Waals surface area (Å²) >= 11 is 6.21. The number of sulfone groups is 1. The van der Waals surface area contributed by atoms with Gasteiger partial charge in [0.1, 0.15) is 0 Å². The van der Waals surface area contributed by atoms with Gasteiger partial charge in [-0.2, -0.15) is 0 Å². The zero-order valence-electron chi connectivity index (χ0n) is 18.8. The Labute approximate surface area is 206 Å². The lowest BCUT2D eigenvalue weighted by atomic mass is 9.71. The maximum Gasteiger partial charge on any atom is 0.255 e. The predicted octanol–water partition coefficient (Wildman–Crippen LogP) is 4.33. The van der Waals surface area contributed by atoms with Crippen molar-refractivity contribution in [1.82, 2.24) is 0 Å². The van der Waals surface area contributed by atoms with Crippen LogP contribution >= 0.6 is 11.6 Å².